The molecule has 0 aromatic rings. The summed E-state index contributed by atoms with van der Waals surface area (Å²) >= 11 is 0. The van der Waals surface area contributed by atoms with Crippen LogP contribution in [0.15, 0.2) is 23.8 Å². The maximum atomic E-state index is 3.16. The Morgan fingerprint density at radius 3 is 3.00 bits per heavy atom. The van der Waals surface area contributed by atoms with Gasteiger partial charge in [-0.05, 0) is 39.3 Å². The van der Waals surface area contributed by atoms with Gasteiger partial charge < -0.3 is 5.32 Å². The first-order chi connectivity index (χ1) is 5.43. The minimum Gasteiger partial charge on any atom is -0.320 e. The number of hydrogen-bond donors (Lipinski definition) is 1. The molecule has 0 saturated carbocycles. The molecule has 1 rings (SSSR count). The Morgan fingerprint density at radius 1 is 1.45 bits per heavy atom. The van der Waals surface area contributed by atoms with Crippen LogP contribution in [0.2, 0.25) is 0 Å². The summed E-state index contributed by atoms with van der Waals surface area (Å²) in [6.07, 6.45) is 11.9. The summed E-state index contributed by atoms with van der Waals surface area (Å²) < 4.78 is 0. The van der Waals surface area contributed by atoms with E-state index in [0.717, 1.165) is 6.54 Å². The zero-order chi connectivity index (χ0) is 7.94. The summed E-state index contributed by atoms with van der Waals surface area (Å²) in [5.41, 5.74) is 1.52. The van der Waals surface area contributed by atoms with Crippen molar-refractivity contribution in [3.63, 3.8) is 0 Å². The smallest absolute Gasteiger partial charge is 0.00488 e. The topological polar surface area (TPSA) is 12.0 Å². The van der Waals surface area contributed by atoms with Crippen molar-refractivity contribution in [2.75, 3.05) is 13.6 Å². The largest absolute Gasteiger partial charge is 0.320 e. The molecule has 0 heterocycles. The van der Waals surface area contributed by atoms with Crippen molar-refractivity contribution >= 4 is 0 Å². The molecule has 0 unspecified atom stereocenters. The average molecular weight is 151 g/mol. The van der Waals surface area contributed by atoms with E-state index in [-0.39, 0.29) is 0 Å². The van der Waals surface area contributed by atoms with Crippen LogP contribution in [0, 0.1) is 0 Å². The number of rotatable bonds is 4. The number of hydrogen-bond acceptors (Lipinski definition) is 1. The highest BCUT2D eigenvalue weighted by molar-refractivity contribution is 5.21. The van der Waals surface area contributed by atoms with Crippen molar-refractivity contribution in [3.8, 4) is 0 Å². The molecule has 1 heteroatoms. The minimum absolute atomic E-state index is 1.13. The Balaban J connectivity index is 2.15. The lowest BCUT2D eigenvalue weighted by Gasteiger charge is -2.05. The van der Waals surface area contributed by atoms with Gasteiger partial charge in [0.05, 0.1) is 0 Å². The van der Waals surface area contributed by atoms with Gasteiger partial charge in [-0.2, -0.15) is 0 Å². The number of nitrogens with one attached hydrogen (secondary N) is 1. The Kier molecular flexibility index (Phi) is 3.99. The summed E-state index contributed by atoms with van der Waals surface area (Å²) in [6, 6.07) is 0. The Hall–Kier alpha value is -0.560. The summed E-state index contributed by atoms with van der Waals surface area (Å²) in [5, 5.41) is 3.16. The molecule has 62 valence electrons. The molecular weight excluding hydrogens is 134 g/mol. The molecule has 1 aliphatic carbocycles. The van der Waals surface area contributed by atoms with E-state index in [4.69, 9.17) is 0 Å². The highest BCUT2D eigenvalue weighted by atomic mass is 14.8. The second-order valence-corrected chi connectivity index (χ2v) is 2.97. The quantitative estimate of drug-likeness (QED) is 0.608. The van der Waals surface area contributed by atoms with E-state index in [1.165, 1.54) is 31.3 Å². The molecule has 11 heavy (non-hydrogen) atoms. The van der Waals surface area contributed by atoms with Crippen molar-refractivity contribution in [2.45, 2.75) is 25.7 Å². The maximum absolute atomic E-state index is 3.16. The molecule has 0 atom stereocenters. The molecular formula is C10H17N. The second kappa shape index (κ2) is 5.14. The van der Waals surface area contributed by atoms with Crippen molar-refractivity contribution in [3.05, 3.63) is 23.8 Å². The van der Waals surface area contributed by atoms with Gasteiger partial charge in [0.2, 0.25) is 0 Å². The van der Waals surface area contributed by atoms with E-state index in [9.17, 15) is 0 Å². The van der Waals surface area contributed by atoms with Crippen molar-refractivity contribution in [1.82, 2.24) is 5.32 Å². The van der Waals surface area contributed by atoms with E-state index >= 15 is 0 Å². The van der Waals surface area contributed by atoms with Gasteiger partial charge in [-0.25, -0.2) is 0 Å². The van der Waals surface area contributed by atoms with E-state index in [2.05, 4.69) is 23.5 Å². The highest BCUT2D eigenvalue weighted by Crippen LogP contribution is 2.13. The molecule has 1 N–H and O–H groups in total. The van der Waals surface area contributed by atoms with Gasteiger partial charge in [0, 0.05) is 0 Å². The van der Waals surface area contributed by atoms with Crippen molar-refractivity contribution < 1.29 is 0 Å². The standard InChI is InChI=1S/C10H17N/c1-11-9-5-8-10-6-3-2-4-7-10/h3,6-7,11H,2,4-5,8-9H2,1H3. The third-order valence-corrected chi connectivity index (χ3v) is 1.96. The van der Waals surface area contributed by atoms with Crippen LogP contribution in [-0.4, -0.2) is 13.6 Å². The second-order valence-electron chi connectivity index (χ2n) is 2.97. The van der Waals surface area contributed by atoms with Gasteiger partial charge in [0.1, 0.15) is 0 Å². The normalized spacial score (nSPS) is 16.6. The van der Waals surface area contributed by atoms with Gasteiger partial charge in [-0.3, -0.25) is 0 Å². The van der Waals surface area contributed by atoms with Gasteiger partial charge in [0.25, 0.3) is 0 Å². The van der Waals surface area contributed by atoms with Gasteiger partial charge in [-0.15, -0.1) is 0 Å². The van der Waals surface area contributed by atoms with Crippen LogP contribution in [0.25, 0.3) is 0 Å². The third kappa shape index (κ3) is 3.38. The Morgan fingerprint density at radius 2 is 2.36 bits per heavy atom. The van der Waals surface area contributed by atoms with E-state index in [1.54, 1.807) is 0 Å². The lowest BCUT2D eigenvalue weighted by molar-refractivity contribution is 0.723. The molecule has 0 amide bonds. The number of allylic oxidation sites excluding steroid dienone is 4. The summed E-state index contributed by atoms with van der Waals surface area (Å²) in [6.45, 7) is 1.13. The molecule has 1 nitrogen and oxygen atoms in total. The highest BCUT2D eigenvalue weighted by Gasteiger charge is 1.95. The summed E-state index contributed by atoms with van der Waals surface area (Å²) in [7, 11) is 2.01. The van der Waals surface area contributed by atoms with Crippen LogP contribution in [0.4, 0.5) is 0 Å². The van der Waals surface area contributed by atoms with Gasteiger partial charge in [0.15, 0.2) is 0 Å². The first-order valence-corrected chi connectivity index (χ1v) is 4.43. The van der Waals surface area contributed by atoms with Crippen LogP contribution in [0.3, 0.4) is 0 Å². The van der Waals surface area contributed by atoms with Crippen LogP contribution in [0.5, 0.6) is 0 Å². The lowest BCUT2D eigenvalue weighted by Crippen LogP contribution is -2.07. The molecule has 0 aliphatic heterocycles. The molecule has 0 radical (unpaired) electrons. The van der Waals surface area contributed by atoms with Crippen LogP contribution in [-0.2, 0) is 0 Å². The zero-order valence-electron chi connectivity index (χ0n) is 7.27. The molecule has 0 fully saturated rings. The fourth-order valence-corrected chi connectivity index (χ4v) is 1.32. The van der Waals surface area contributed by atoms with Gasteiger partial charge >= 0.3 is 0 Å². The average Bonchev–Trinajstić information content (AvgIpc) is 2.07. The molecule has 1 aliphatic rings. The van der Waals surface area contributed by atoms with E-state index in [0.29, 0.717) is 0 Å². The predicted molar refractivity (Wildman–Crippen MR) is 49.6 cm³/mol. The summed E-state index contributed by atoms with van der Waals surface area (Å²) in [4.78, 5) is 0. The van der Waals surface area contributed by atoms with E-state index < -0.39 is 0 Å². The van der Waals surface area contributed by atoms with Gasteiger partial charge in [-0.1, -0.05) is 23.8 Å². The van der Waals surface area contributed by atoms with Crippen molar-refractivity contribution in [1.29, 1.82) is 0 Å². The maximum Gasteiger partial charge on any atom is -0.00488 e. The lowest BCUT2D eigenvalue weighted by atomic mass is 10.0. The monoisotopic (exact) mass is 151 g/mol. The fraction of sp³-hybridized carbons (Fsp3) is 0.600. The molecule has 0 spiro atoms. The SMILES string of the molecule is CNCCCC1=CCCC=C1. The molecule has 0 saturated heterocycles. The minimum atomic E-state index is 1.13. The Labute approximate surface area is 69.2 Å². The van der Waals surface area contributed by atoms with Crippen LogP contribution < -0.4 is 5.32 Å². The van der Waals surface area contributed by atoms with E-state index in [1.807, 2.05) is 7.05 Å². The fourth-order valence-electron chi connectivity index (χ4n) is 1.32. The first kappa shape index (κ1) is 8.54. The molecule has 0 aromatic heterocycles. The third-order valence-electron chi connectivity index (χ3n) is 1.96. The predicted octanol–water partition coefficient (Wildman–Crippen LogP) is 2.26. The zero-order valence-corrected chi connectivity index (χ0v) is 7.27. The molecule has 0 bridgehead atoms. The Bertz CT molecular complexity index is 156. The molecule has 0 aromatic carbocycles. The summed E-state index contributed by atoms with van der Waals surface area (Å²) in [5.74, 6) is 0. The van der Waals surface area contributed by atoms with Crippen LogP contribution >= 0.6 is 0 Å². The van der Waals surface area contributed by atoms with Crippen LogP contribution in [0.1, 0.15) is 25.7 Å². The first-order valence-electron chi connectivity index (χ1n) is 4.43. The van der Waals surface area contributed by atoms with Crippen molar-refractivity contribution in [2.24, 2.45) is 0 Å².